The summed E-state index contributed by atoms with van der Waals surface area (Å²) in [6.07, 6.45) is -0.00218. The van der Waals surface area contributed by atoms with Crippen molar-refractivity contribution in [2.75, 3.05) is 32.7 Å². The van der Waals surface area contributed by atoms with Crippen molar-refractivity contribution in [3.05, 3.63) is 17.0 Å². The molecule has 2 heterocycles. The van der Waals surface area contributed by atoms with Gasteiger partial charge in [-0.05, 0) is 25.7 Å². The summed E-state index contributed by atoms with van der Waals surface area (Å²) in [6, 6.07) is 0. The molecule has 25 heavy (non-hydrogen) atoms. The first kappa shape index (κ1) is 19.9. The number of rotatable bonds is 7. The molecule has 0 radical (unpaired) electrons. The summed E-state index contributed by atoms with van der Waals surface area (Å²) in [4.78, 5) is 16.8. The molecule has 0 aromatic carbocycles. The van der Waals surface area contributed by atoms with Gasteiger partial charge in [0.2, 0.25) is 5.91 Å². The average molecular weight is 351 g/mol. The van der Waals surface area contributed by atoms with E-state index in [0.29, 0.717) is 31.5 Å². The van der Waals surface area contributed by atoms with Crippen LogP contribution in [-0.4, -0.2) is 59.7 Å². The molecule has 0 bridgehead atoms. The molecule has 1 aromatic rings. The highest BCUT2D eigenvalue weighted by atomic mass is 16.5. The first-order chi connectivity index (χ1) is 11.8. The third kappa shape index (κ3) is 5.82. The van der Waals surface area contributed by atoms with Crippen molar-refractivity contribution in [3.63, 3.8) is 0 Å². The third-order valence-corrected chi connectivity index (χ3v) is 4.45. The van der Waals surface area contributed by atoms with Gasteiger partial charge in [-0.2, -0.15) is 0 Å². The van der Waals surface area contributed by atoms with E-state index in [4.69, 9.17) is 9.26 Å². The number of carbonyl (C=O) groups is 1. The molecule has 1 aromatic heterocycles. The molecule has 6 heteroatoms. The molecular weight excluding hydrogens is 318 g/mol. The van der Waals surface area contributed by atoms with Crippen molar-refractivity contribution in [2.24, 2.45) is 11.8 Å². The lowest BCUT2D eigenvalue weighted by Crippen LogP contribution is -2.40. The predicted molar refractivity (Wildman–Crippen MR) is 97.3 cm³/mol. The Labute approximate surface area is 151 Å². The minimum absolute atomic E-state index is 0.00218. The minimum Gasteiger partial charge on any atom is -0.370 e. The van der Waals surface area contributed by atoms with Crippen LogP contribution < -0.4 is 0 Å². The summed E-state index contributed by atoms with van der Waals surface area (Å²) < 4.78 is 11.4. The van der Waals surface area contributed by atoms with Crippen LogP contribution in [0, 0.1) is 25.7 Å². The number of hydrogen-bond donors (Lipinski definition) is 0. The van der Waals surface area contributed by atoms with Gasteiger partial charge in [-0.15, -0.1) is 0 Å². The van der Waals surface area contributed by atoms with E-state index in [1.807, 2.05) is 18.7 Å². The van der Waals surface area contributed by atoms with Crippen LogP contribution in [0.25, 0.3) is 0 Å². The van der Waals surface area contributed by atoms with Crippen molar-refractivity contribution in [1.82, 2.24) is 15.0 Å². The number of ether oxygens (including phenoxy) is 1. The monoisotopic (exact) mass is 351 g/mol. The van der Waals surface area contributed by atoms with Crippen LogP contribution in [0.2, 0.25) is 0 Å². The van der Waals surface area contributed by atoms with Crippen molar-refractivity contribution < 1.29 is 14.1 Å². The van der Waals surface area contributed by atoms with Gasteiger partial charge in [-0.1, -0.05) is 32.9 Å². The van der Waals surface area contributed by atoms with Gasteiger partial charge in [0.15, 0.2) is 0 Å². The molecule has 1 amide bonds. The Balaban J connectivity index is 2.07. The van der Waals surface area contributed by atoms with Gasteiger partial charge in [-0.25, -0.2) is 0 Å². The largest absolute Gasteiger partial charge is 0.370 e. The standard InChI is InChI=1S/C19H33N3O3/c1-13(2)7-21-9-17(10-22(8-14(3)4)19(23)11-21)24-12-18-15(5)20-25-16(18)6/h13-14,17H,7-12H2,1-6H3. The van der Waals surface area contributed by atoms with E-state index >= 15 is 0 Å². The molecule has 0 N–H and O–H groups in total. The SMILES string of the molecule is Cc1noc(C)c1COC1CN(CC(C)C)CC(=O)N(CC(C)C)C1. The number of amides is 1. The quantitative estimate of drug-likeness (QED) is 0.756. The first-order valence-electron chi connectivity index (χ1n) is 9.29. The topological polar surface area (TPSA) is 58.8 Å². The zero-order chi connectivity index (χ0) is 18.6. The van der Waals surface area contributed by atoms with Crippen LogP contribution in [0.15, 0.2) is 4.52 Å². The average Bonchev–Trinajstić information content (AvgIpc) is 2.73. The second-order valence-electron chi connectivity index (χ2n) is 8.02. The molecule has 1 aliphatic rings. The predicted octanol–water partition coefficient (Wildman–Crippen LogP) is 2.63. The van der Waals surface area contributed by atoms with Crippen LogP contribution in [0.1, 0.15) is 44.7 Å². The second kappa shape index (κ2) is 8.81. The van der Waals surface area contributed by atoms with Crippen molar-refractivity contribution >= 4 is 5.91 Å². The van der Waals surface area contributed by atoms with E-state index in [0.717, 1.165) is 36.7 Å². The number of aryl methyl sites for hydroxylation is 2. The first-order valence-corrected chi connectivity index (χ1v) is 9.29. The molecule has 0 aliphatic carbocycles. The maximum atomic E-state index is 12.6. The van der Waals surface area contributed by atoms with Gasteiger partial charge < -0.3 is 14.2 Å². The lowest BCUT2D eigenvalue weighted by atomic mass is 10.2. The molecular formula is C19H33N3O3. The van der Waals surface area contributed by atoms with E-state index in [9.17, 15) is 4.79 Å². The molecule has 1 unspecified atom stereocenters. The normalized spacial score (nSPS) is 19.9. The maximum Gasteiger partial charge on any atom is 0.236 e. The Hall–Kier alpha value is -1.40. The summed E-state index contributed by atoms with van der Waals surface area (Å²) in [5.41, 5.74) is 1.89. The van der Waals surface area contributed by atoms with Crippen molar-refractivity contribution in [1.29, 1.82) is 0 Å². The molecule has 1 fully saturated rings. The Morgan fingerprint density at radius 1 is 1.16 bits per heavy atom. The van der Waals surface area contributed by atoms with E-state index in [2.05, 4.69) is 37.8 Å². The molecule has 1 aliphatic heterocycles. The summed E-state index contributed by atoms with van der Waals surface area (Å²) in [5.74, 6) is 1.98. The number of aromatic nitrogens is 1. The highest BCUT2D eigenvalue weighted by Crippen LogP contribution is 2.17. The minimum atomic E-state index is -0.00218. The van der Waals surface area contributed by atoms with E-state index in [1.165, 1.54) is 0 Å². The van der Waals surface area contributed by atoms with E-state index in [1.54, 1.807) is 0 Å². The molecule has 6 nitrogen and oxygen atoms in total. The highest BCUT2D eigenvalue weighted by Gasteiger charge is 2.29. The molecule has 1 saturated heterocycles. The number of hydrogen-bond acceptors (Lipinski definition) is 5. The molecule has 2 rings (SSSR count). The van der Waals surface area contributed by atoms with Crippen LogP contribution >= 0.6 is 0 Å². The van der Waals surface area contributed by atoms with E-state index in [-0.39, 0.29) is 12.0 Å². The fourth-order valence-corrected chi connectivity index (χ4v) is 3.34. The number of carbonyl (C=O) groups excluding carboxylic acids is 1. The van der Waals surface area contributed by atoms with Crippen LogP contribution in [0.5, 0.6) is 0 Å². The molecule has 0 saturated carbocycles. The van der Waals surface area contributed by atoms with Crippen LogP contribution in [0.3, 0.4) is 0 Å². The van der Waals surface area contributed by atoms with Gasteiger partial charge in [0.25, 0.3) is 0 Å². The third-order valence-electron chi connectivity index (χ3n) is 4.45. The zero-order valence-electron chi connectivity index (χ0n) is 16.5. The summed E-state index contributed by atoms with van der Waals surface area (Å²) in [6.45, 7) is 16.6. The molecule has 0 spiro atoms. The molecule has 142 valence electrons. The lowest BCUT2D eigenvalue weighted by molar-refractivity contribution is -0.132. The summed E-state index contributed by atoms with van der Waals surface area (Å²) in [7, 11) is 0. The lowest BCUT2D eigenvalue weighted by Gasteiger charge is -2.26. The Morgan fingerprint density at radius 2 is 1.84 bits per heavy atom. The number of nitrogens with zero attached hydrogens (tertiary/aromatic N) is 3. The van der Waals surface area contributed by atoms with Gasteiger partial charge in [0, 0.05) is 31.7 Å². The van der Waals surface area contributed by atoms with Crippen molar-refractivity contribution in [2.45, 2.75) is 54.3 Å². The highest BCUT2D eigenvalue weighted by molar-refractivity contribution is 5.78. The van der Waals surface area contributed by atoms with Crippen LogP contribution in [-0.2, 0) is 16.1 Å². The Bertz CT molecular complexity index is 549. The smallest absolute Gasteiger partial charge is 0.236 e. The van der Waals surface area contributed by atoms with Gasteiger partial charge >= 0.3 is 0 Å². The second-order valence-corrected chi connectivity index (χ2v) is 8.02. The van der Waals surface area contributed by atoms with Gasteiger partial charge in [0.1, 0.15) is 5.76 Å². The Kier molecular flexibility index (Phi) is 7.02. The fraction of sp³-hybridized carbons (Fsp3) is 0.789. The maximum absolute atomic E-state index is 12.6. The van der Waals surface area contributed by atoms with Gasteiger partial charge in [0.05, 0.1) is 24.9 Å². The van der Waals surface area contributed by atoms with E-state index < -0.39 is 0 Å². The van der Waals surface area contributed by atoms with Crippen LogP contribution in [0.4, 0.5) is 0 Å². The van der Waals surface area contributed by atoms with Crippen molar-refractivity contribution in [3.8, 4) is 0 Å². The molecule has 1 atom stereocenters. The Morgan fingerprint density at radius 3 is 2.40 bits per heavy atom. The fourth-order valence-electron chi connectivity index (χ4n) is 3.34. The zero-order valence-corrected chi connectivity index (χ0v) is 16.5. The summed E-state index contributed by atoms with van der Waals surface area (Å²) in [5, 5.41) is 3.99. The summed E-state index contributed by atoms with van der Waals surface area (Å²) >= 11 is 0. The van der Waals surface area contributed by atoms with Gasteiger partial charge in [-0.3, -0.25) is 9.69 Å².